The van der Waals surface area contributed by atoms with E-state index >= 15 is 0 Å². The van der Waals surface area contributed by atoms with Gasteiger partial charge in [0.25, 0.3) is 0 Å². The summed E-state index contributed by atoms with van der Waals surface area (Å²) in [6, 6.07) is 14.8. The Balaban J connectivity index is 2.04. The molecular formula is C20H26FN3O. The molecule has 134 valence electrons. The summed E-state index contributed by atoms with van der Waals surface area (Å²) in [5.74, 6) is 0.0298. The van der Waals surface area contributed by atoms with Crippen LogP contribution in [0.2, 0.25) is 0 Å². The van der Waals surface area contributed by atoms with Gasteiger partial charge in [0.05, 0.1) is 6.54 Å². The normalized spacial score (nSPS) is 14.0. The number of phenolic OH excluding ortho intramolecular Hbond substituents is 1. The highest BCUT2D eigenvalue weighted by Crippen LogP contribution is 2.19. The molecule has 0 saturated carbocycles. The van der Waals surface area contributed by atoms with Gasteiger partial charge in [-0.05, 0) is 37.1 Å². The molecule has 0 aromatic heterocycles. The quantitative estimate of drug-likeness (QED) is 0.553. The maximum atomic E-state index is 13.4. The lowest BCUT2D eigenvalue weighted by molar-refractivity contribution is 0.432. The topological polar surface area (TPSA) is 56.7 Å². The third-order valence-corrected chi connectivity index (χ3v) is 4.22. The molecule has 2 aromatic carbocycles. The number of nitrogens with zero attached hydrogens (tertiary/aromatic N) is 1. The number of rotatable bonds is 6. The van der Waals surface area contributed by atoms with Crippen molar-refractivity contribution in [3.05, 3.63) is 65.5 Å². The summed E-state index contributed by atoms with van der Waals surface area (Å²) in [4.78, 5) is 4.52. The van der Waals surface area contributed by atoms with Crippen LogP contribution in [0, 0.1) is 5.82 Å². The van der Waals surface area contributed by atoms with Crippen LogP contribution in [0.4, 0.5) is 4.39 Å². The number of nitrogens with one attached hydrogen (secondary N) is 2. The summed E-state index contributed by atoms with van der Waals surface area (Å²) in [6.45, 7) is 7.36. The molecule has 0 amide bonds. The lowest BCUT2D eigenvalue weighted by Crippen LogP contribution is -2.44. The zero-order valence-electron chi connectivity index (χ0n) is 15.0. The maximum Gasteiger partial charge on any atom is 0.191 e. The highest BCUT2D eigenvalue weighted by molar-refractivity contribution is 5.80. The van der Waals surface area contributed by atoms with Gasteiger partial charge >= 0.3 is 0 Å². The Bertz CT molecular complexity index is 703. The van der Waals surface area contributed by atoms with Crippen LogP contribution in [-0.2, 0) is 6.54 Å². The number of guanidine groups is 1. The lowest BCUT2D eigenvalue weighted by Gasteiger charge is -2.24. The lowest BCUT2D eigenvalue weighted by atomic mass is 9.94. The van der Waals surface area contributed by atoms with Crippen LogP contribution in [0.1, 0.15) is 37.8 Å². The second kappa shape index (κ2) is 9.06. The minimum absolute atomic E-state index is 0.178. The van der Waals surface area contributed by atoms with Crippen LogP contribution in [0.25, 0.3) is 0 Å². The first-order chi connectivity index (χ1) is 12.0. The van der Waals surface area contributed by atoms with Gasteiger partial charge in [0.2, 0.25) is 0 Å². The number of phenols is 1. The third kappa shape index (κ3) is 5.48. The molecule has 0 aliphatic carbocycles. The highest BCUT2D eigenvalue weighted by Gasteiger charge is 2.15. The zero-order chi connectivity index (χ0) is 18.2. The van der Waals surface area contributed by atoms with Crippen molar-refractivity contribution in [2.45, 2.75) is 39.3 Å². The molecular weight excluding hydrogens is 317 g/mol. The molecule has 2 atom stereocenters. The Kier molecular flexibility index (Phi) is 6.81. The van der Waals surface area contributed by atoms with Gasteiger partial charge in [-0.25, -0.2) is 9.38 Å². The first-order valence-corrected chi connectivity index (χ1v) is 8.58. The fourth-order valence-corrected chi connectivity index (χ4v) is 2.53. The molecule has 0 fully saturated rings. The van der Waals surface area contributed by atoms with Crippen LogP contribution < -0.4 is 10.6 Å². The molecule has 0 spiro atoms. The molecule has 5 heteroatoms. The largest absolute Gasteiger partial charge is 0.505 e. The molecule has 0 radical (unpaired) electrons. The van der Waals surface area contributed by atoms with Crippen LogP contribution in [-0.4, -0.2) is 23.7 Å². The number of aromatic hydroxyl groups is 1. The number of benzene rings is 2. The second-order valence-electron chi connectivity index (χ2n) is 6.11. The Morgan fingerprint density at radius 2 is 1.88 bits per heavy atom. The van der Waals surface area contributed by atoms with Crippen LogP contribution in [0.3, 0.4) is 0 Å². The van der Waals surface area contributed by atoms with E-state index in [1.165, 1.54) is 17.7 Å². The molecule has 2 aromatic rings. The van der Waals surface area contributed by atoms with Crippen molar-refractivity contribution in [2.75, 3.05) is 6.54 Å². The van der Waals surface area contributed by atoms with E-state index in [0.29, 0.717) is 24.0 Å². The minimum atomic E-state index is -0.628. The van der Waals surface area contributed by atoms with E-state index in [0.717, 1.165) is 6.54 Å². The van der Waals surface area contributed by atoms with E-state index in [4.69, 9.17) is 0 Å². The molecule has 2 unspecified atom stereocenters. The smallest absolute Gasteiger partial charge is 0.191 e. The van der Waals surface area contributed by atoms with Crippen molar-refractivity contribution >= 4 is 5.96 Å². The Morgan fingerprint density at radius 1 is 1.16 bits per heavy atom. The summed E-state index contributed by atoms with van der Waals surface area (Å²) >= 11 is 0. The van der Waals surface area contributed by atoms with Crippen molar-refractivity contribution in [3.63, 3.8) is 0 Å². The molecule has 4 nitrogen and oxygen atoms in total. The molecule has 0 bridgehead atoms. The van der Waals surface area contributed by atoms with E-state index in [1.807, 2.05) is 25.1 Å². The zero-order valence-corrected chi connectivity index (χ0v) is 15.0. The summed E-state index contributed by atoms with van der Waals surface area (Å²) in [5, 5.41) is 15.9. The maximum absolute atomic E-state index is 13.4. The third-order valence-electron chi connectivity index (χ3n) is 4.22. The molecule has 25 heavy (non-hydrogen) atoms. The highest BCUT2D eigenvalue weighted by atomic mass is 19.1. The van der Waals surface area contributed by atoms with Crippen molar-refractivity contribution in [1.29, 1.82) is 0 Å². The van der Waals surface area contributed by atoms with Gasteiger partial charge in [0, 0.05) is 18.5 Å². The molecule has 0 saturated heterocycles. The first-order valence-electron chi connectivity index (χ1n) is 8.58. The van der Waals surface area contributed by atoms with Gasteiger partial charge in [-0.2, -0.15) is 0 Å². The Hall–Kier alpha value is -2.56. The Morgan fingerprint density at radius 3 is 2.52 bits per heavy atom. The SMILES string of the molecule is CCNC(=NCc1ccc(O)c(F)c1)NC(C)C(C)c1ccccc1. The number of halogens is 1. The van der Waals surface area contributed by atoms with Crippen molar-refractivity contribution in [3.8, 4) is 5.75 Å². The van der Waals surface area contributed by atoms with Crippen molar-refractivity contribution in [1.82, 2.24) is 10.6 Å². The van der Waals surface area contributed by atoms with E-state index < -0.39 is 5.82 Å². The number of hydrogen-bond acceptors (Lipinski definition) is 2. The van der Waals surface area contributed by atoms with Gasteiger partial charge in [0.15, 0.2) is 17.5 Å². The van der Waals surface area contributed by atoms with Crippen LogP contribution >= 0.6 is 0 Å². The summed E-state index contributed by atoms with van der Waals surface area (Å²) in [7, 11) is 0. The van der Waals surface area contributed by atoms with Crippen molar-refractivity contribution in [2.24, 2.45) is 4.99 Å². The second-order valence-corrected chi connectivity index (χ2v) is 6.11. The summed E-state index contributed by atoms with van der Waals surface area (Å²) < 4.78 is 13.4. The predicted octanol–water partition coefficient (Wildman–Crippen LogP) is 3.78. The average molecular weight is 343 g/mol. The Labute approximate surface area is 148 Å². The number of hydrogen-bond donors (Lipinski definition) is 3. The number of aliphatic imine (C=N–C) groups is 1. The predicted molar refractivity (Wildman–Crippen MR) is 100 cm³/mol. The van der Waals surface area contributed by atoms with Gasteiger partial charge < -0.3 is 15.7 Å². The van der Waals surface area contributed by atoms with Gasteiger partial charge in [-0.1, -0.05) is 43.3 Å². The average Bonchev–Trinajstić information content (AvgIpc) is 2.62. The standard InChI is InChI=1S/C20H26FN3O/c1-4-22-20(23-13-16-10-11-19(25)18(21)12-16)24-15(3)14(2)17-8-6-5-7-9-17/h5-12,14-15,25H,4,13H2,1-3H3,(H2,22,23,24). The fourth-order valence-electron chi connectivity index (χ4n) is 2.53. The van der Waals surface area contributed by atoms with Gasteiger partial charge in [-0.3, -0.25) is 0 Å². The van der Waals surface area contributed by atoms with Gasteiger partial charge in [-0.15, -0.1) is 0 Å². The monoisotopic (exact) mass is 343 g/mol. The molecule has 0 heterocycles. The molecule has 0 aliphatic heterocycles. The van der Waals surface area contributed by atoms with E-state index in [2.05, 4.69) is 41.6 Å². The van der Waals surface area contributed by atoms with Crippen LogP contribution in [0.5, 0.6) is 5.75 Å². The summed E-state index contributed by atoms with van der Waals surface area (Å²) in [5.41, 5.74) is 1.97. The summed E-state index contributed by atoms with van der Waals surface area (Å²) in [6.07, 6.45) is 0. The van der Waals surface area contributed by atoms with E-state index in [1.54, 1.807) is 6.07 Å². The molecule has 2 rings (SSSR count). The fraction of sp³-hybridized carbons (Fsp3) is 0.350. The van der Waals surface area contributed by atoms with E-state index in [9.17, 15) is 9.50 Å². The molecule has 3 N–H and O–H groups in total. The van der Waals surface area contributed by atoms with Crippen molar-refractivity contribution < 1.29 is 9.50 Å². The minimum Gasteiger partial charge on any atom is -0.505 e. The van der Waals surface area contributed by atoms with Crippen LogP contribution in [0.15, 0.2) is 53.5 Å². The molecule has 0 aliphatic rings. The van der Waals surface area contributed by atoms with E-state index in [-0.39, 0.29) is 11.8 Å². The first kappa shape index (κ1) is 18.8. The van der Waals surface area contributed by atoms with Gasteiger partial charge in [0.1, 0.15) is 0 Å².